The van der Waals surface area contributed by atoms with Crippen LogP contribution < -0.4 is 0 Å². The van der Waals surface area contributed by atoms with Gasteiger partial charge in [-0.1, -0.05) is 11.1 Å². The molecule has 5 aromatic rings. The molecule has 158 valence electrons. The Morgan fingerprint density at radius 3 is 1.19 bits per heavy atom. The molecule has 0 radical (unpaired) electrons. The monoisotopic (exact) mass is 494 g/mol. The fraction of sp³-hybridized carbons (Fsp3) is 0. The van der Waals surface area contributed by atoms with E-state index in [4.69, 9.17) is 12.8 Å². The van der Waals surface area contributed by atoms with Gasteiger partial charge in [-0.3, -0.25) is 0 Å². The molecule has 0 saturated heterocycles. The van der Waals surface area contributed by atoms with Crippen molar-refractivity contribution >= 4 is 0 Å². The molecule has 0 heterocycles. The van der Waals surface area contributed by atoms with E-state index < -0.39 is 0 Å². The summed E-state index contributed by atoms with van der Waals surface area (Å²) in [4.78, 5) is 0. The Morgan fingerprint density at radius 1 is 0.531 bits per heavy atom. The number of hydrogen-bond donors (Lipinski definition) is 0. The average Bonchev–Trinajstić information content (AvgIpc) is 3.63. The molecule has 2 heteroatoms. The summed E-state index contributed by atoms with van der Waals surface area (Å²) in [6.07, 6.45) is 11.1. The molecular weight excluding hydrogens is 472 g/mol. The summed E-state index contributed by atoms with van der Waals surface area (Å²) >= 11 is 0. The summed E-state index contributed by atoms with van der Waals surface area (Å²) in [6.45, 7) is 0. The second kappa shape index (κ2) is 14.7. The maximum atomic E-state index is 5.57. The van der Waals surface area contributed by atoms with E-state index in [-0.39, 0.29) is 34.1 Å². The van der Waals surface area contributed by atoms with Crippen LogP contribution in [0.4, 0.5) is 0 Å². The van der Waals surface area contributed by atoms with Gasteiger partial charge in [0.05, 0.1) is 0 Å². The zero-order valence-electron chi connectivity index (χ0n) is 17.4. The number of rotatable bonds is 2. The van der Waals surface area contributed by atoms with Gasteiger partial charge in [-0.05, 0) is 0 Å². The van der Waals surface area contributed by atoms with Crippen molar-refractivity contribution in [3.63, 3.8) is 0 Å². The van der Waals surface area contributed by atoms with Crippen molar-refractivity contribution < 1.29 is 34.1 Å². The van der Waals surface area contributed by atoms with Crippen LogP contribution in [0, 0.1) is 24.7 Å². The van der Waals surface area contributed by atoms with Crippen molar-refractivity contribution in [3.05, 3.63) is 132 Å². The van der Waals surface area contributed by atoms with Crippen molar-refractivity contribution in [2.45, 2.75) is 0 Å². The Kier molecular flexibility index (Phi) is 12.3. The summed E-state index contributed by atoms with van der Waals surface area (Å²) in [5.41, 5.74) is 6.21. The van der Waals surface area contributed by atoms with Crippen molar-refractivity contribution in [3.8, 4) is 46.9 Å². The van der Waals surface area contributed by atoms with E-state index in [1.165, 1.54) is 0 Å². The van der Waals surface area contributed by atoms with Crippen LogP contribution >= 0.6 is 0 Å². The van der Waals surface area contributed by atoms with Gasteiger partial charge in [0.15, 0.2) is 0 Å². The van der Waals surface area contributed by atoms with Gasteiger partial charge in [-0.15, -0.1) is 82.9 Å². The summed E-state index contributed by atoms with van der Waals surface area (Å²) in [5.74, 6) is 5.47. The summed E-state index contributed by atoms with van der Waals surface area (Å²) in [7, 11) is 0. The molecule has 0 aliphatic carbocycles. The van der Waals surface area contributed by atoms with Gasteiger partial charge < -0.3 is 0 Å². The van der Waals surface area contributed by atoms with Crippen molar-refractivity contribution in [1.82, 2.24) is 0 Å². The van der Waals surface area contributed by atoms with E-state index in [1.54, 1.807) is 0 Å². The topological polar surface area (TPSA) is 0 Å². The van der Waals surface area contributed by atoms with Gasteiger partial charge >= 0.3 is 34.1 Å². The zero-order chi connectivity index (χ0) is 21.0. The normalized spacial score (nSPS) is 8.69. The maximum absolute atomic E-state index is 5.57. The first kappa shape index (κ1) is 26.8. The molecule has 0 amide bonds. The molecule has 5 rings (SSSR count). The van der Waals surface area contributed by atoms with Crippen LogP contribution in [-0.2, 0) is 34.1 Å². The third kappa shape index (κ3) is 7.18. The Morgan fingerprint density at radius 2 is 0.906 bits per heavy atom. The van der Waals surface area contributed by atoms with Gasteiger partial charge in [-0.2, -0.15) is 61.1 Å². The number of terminal acetylenes is 2. The molecule has 0 aliphatic heterocycles. The number of hydrogen-bond acceptors (Lipinski definition) is 0. The van der Waals surface area contributed by atoms with E-state index in [0.29, 0.717) is 0 Å². The van der Waals surface area contributed by atoms with E-state index in [2.05, 4.69) is 24.0 Å². The van der Waals surface area contributed by atoms with E-state index in [0.717, 1.165) is 33.4 Å². The fourth-order valence-electron chi connectivity index (χ4n) is 3.16. The van der Waals surface area contributed by atoms with Gasteiger partial charge in [0, 0.05) is 0 Å². The molecule has 0 atom stereocenters. The molecule has 0 bridgehead atoms. The van der Waals surface area contributed by atoms with Crippen LogP contribution in [0.5, 0.6) is 0 Å². The Hall–Kier alpha value is -3.22. The molecule has 0 aromatic heterocycles. The molecule has 0 fully saturated rings. The van der Waals surface area contributed by atoms with Crippen molar-refractivity contribution in [2.75, 3.05) is 0 Å². The molecule has 0 aliphatic rings. The standard InChI is InChI=1S/C20H12.2C5H5.2Fe/c1-3-15-9-7-13-17(15)19-11-5-6-12-20(19)18-14-8-10-16(18)4-2;2*1-2-4-5-3-1;;/h1-2,5-14H;2*1-5H;;/q-2;2*-1;2*+2. The molecule has 5 aromatic carbocycles. The van der Waals surface area contributed by atoms with Crippen LogP contribution in [0.3, 0.4) is 0 Å². The molecule has 0 nitrogen and oxygen atoms in total. The van der Waals surface area contributed by atoms with Crippen LogP contribution in [0.1, 0.15) is 11.1 Å². The minimum Gasteiger partial charge on any atom is -0.214 e. The first-order valence-electron chi connectivity index (χ1n) is 9.73. The third-order valence-electron chi connectivity index (χ3n) is 4.56. The second-order valence-corrected chi connectivity index (χ2v) is 6.47. The smallest absolute Gasteiger partial charge is 0.214 e. The largest absolute Gasteiger partial charge is 2.00 e. The Balaban J connectivity index is 0.000000353. The quantitative estimate of drug-likeness (QED) is 0.138. The summed E-state index contributed by atoms with van der Waals surface area (Å²) in [5, 5.41) is 0. The van der Waals surface area contributed by atoms with Crippen LogP contribution in [0.15, 0.2) is 121 Å². The van der Waals surface area contributed by atoms with Gasteiger partial charge in [0.1, 0.15) is 0 Å². The molecule has 0 unspecified atom stereocenters. The first-order chi connectivity index (χ1) is 14.8. The maximum Gasteiger partial charge on any atom is 2.00 e. The fourth-order valence-corrected chi connectivity index (χ4v) is 3.16. The minimum atomic E-state index is 0. The van der Waals surface area contributed by atoms with E-state index >= 15 is 0 Å². The summed E-state index contributed by atoms with van der Waals surface area (Å²) in [6, 6.07) is 40.2. The Labute approximate surface area is 212 Å². The first-order valence-corrected chi connectivity index (χ1v) is 9.73. The molecule has 0 saturated carbocycles. The summed E-state index contributed by atoms with van der Waals surface area (Å²) < 4.78 is 0. The van der Waals surface area contributed by atoms with Gasteiger partial charge in [-0.25, -0.2) is 24.3 Å². The molecule has 32 heavy (non-hydrogen) atoms. The predicted molar refractivity (Wildman–Crippen MR) is 128 cm³/mol. The zero-order valence-corrected chi connectivity index (χ0v) is 19.6. The third-order valence-corrected chi connectivity index (χ3v) is 4.56. The van der Waals surface area contributed by atoms with Crippen LogP contribution in [0.2, 0.25) is 0 Å². The molecule has 0 N–H and O–H groups in total. The van der Waals surface area contributed by atoms with Crippen LogP contribution in [-0.4, -0.2) is 0 Å². The Bertz CT molecular complexity index is 1070. The second-order valence-electron chi connectivity index (χ2n) is 6.47. The van der Waals surface area contributed by atoms with Crippen molar-refractivity contribution in [2.24, 2.45) is 0 Å². The minimum absolute atomic E-state index is 0. The number of benzene rings is 1. The SMILES string of the molecule is C#Cc1ccc[c-]1-c1ccccc1-[c-]1cccc1C#C.[Fe+2].[Fe+2].c1cc[cH-]c1.c1cc[cH-]c1. The van der Waals surface area contributed by atoms with Gasteiger partial charge in [0.2, 0.25) is 0 Å². The molecule has 0 spiro atoms. The predicted octanol–water partition coefficient (Wildman–Crippen LogP) is 7.23. The average molecular weight is 494 g/mol. The van der Waals surface area contributed by atoms with Gasteiger partial charge in [0.25, 0.3) is 0 Å². The van der Waals surface area contributed by atoms with Crippen molar-refractivity contribution in [1.29, 1.82) is 0 Å². The van der Waals surface area contributed by atoms with Crippen LogP contribution in [0.25, 0.3) is 22.3 Å². The van der Waals surface area contributed by atoms with E-state index in [9.17, 15) is 0 Å². The molecular formula is C30H22Fe2. The van der Waals surface area contributed by atoms with E-state index in [1.807, 2.05) is 109 Å².